The van der Waals surface area contributed by atoms with E-state index in [0.717, 1.165) is 18.4 Å². The first-order chi connectivity index (χ1) is 8.16. The van der Waals surface area contributed by atoms with Gasteiger partial charge in [-0.2, -0.15) is 0 Å². The summed E-state index contributed by atoms with van der Waals surface area (Å²) in [6, 6.07) is 4.62. The van der Waals surface area contributed by atoms with Crippen LogP contribution in [0.25, 0.3) is 0 Å². The molecule has 1 aliphatic heterocycles. The minimum Gasteiger partial charge on any atom is -0.396 e. The summed E-state index contributed by atoms with van der Waals surface area (Å²) in [6.07, 6.45) is 1.65. The van der Waals surface area contributed by atoms with Crippen LogP contribution in [0.4, 0.5) is 10.1 Å². The fraction of sp³-hybridized carbons (Fsp3) is 0.500. The Kier molecular flexibility index (Phi) is 4.12. The van der Waals surface area contributed by atoms with Crippen molar-refractivity contribution in [3.8, 4) is 0 Å². The van der Waals surface area contributed by atoms with Crippen LogP contribution in [-0.4, -0.2) is 22.7 Å². The molecule has 0 aromatic heterocycles. The van der Waals surface area contributed by atoms with Crippen molar-refractivity contribution >= 4 is 16.5 Å². The van der Waals surface area contributed by atoms with Crippen LogP contribution < -0.4 is 5.73 Å². The molecule has 0 aliphatic carbocycles. The van der Waals surface area contributed by atoms with Crippen molar-refractivity contribution in [1.29, 1.82) is 0 Å². The van der Waals surface area contributed by atoms with Gasteiger partial charge in [-0.1, -0.05) is 6.07 Å². The van der Waals surface area contributed by atoms with Crippen LogP contribution in [0.3, 0.4) is 0 Å². The van der Waals surface area contributed by atoms with Gasteiger partial charge in [0, 0.05) is 35.0 Å². The Morgan fingerprint density at radius 1 is 1.41 bits per heavy atom. The number of rotatable bonds is 3. The van der Waals surface area contributed by atoms with E-state index in [1.165, 1.54) is 12.1 Å². The first-order valence-corrected chi connectivity index (χ1v) is 7.04. The summed E-state index contributed by atoms with van der Waals surface area (Å²) in [5.41, 5.74) is 6.26. The number of nitrogen functional groups attached to an aromatic ring is 1. The summed E-state index contributed by atoms with van der Waals surface area (Å²) < 4.78 is 30.5. The maximum atomic E-state index is 13.2. The SMILES string of the molecule is Nc1ccc(CS(=O)C2CCOCC2)cc1F. The van der Waals surface area contributed by atoms with Gasteiger partial charge in [0.2, 0.25) is 0 Å². The summed E-state index contributed by atoms with van der Waals surface area (Å²) in [7, 11) is -0.960. The summed E-state index contributed by atoms with van der Waals surface area (Å²) in [5, 5.41) is 0.171. The van der Waals surface area contributed by atoms with E-state index >= 15 is 0 Å². The van der Waals surface area contributed by atoms with Crippen molar-refractivity contribution in [3.63, 3.8) is 0 Å². The topological polar surface area (TPSA) is 52.3 Å². The van der Waals surface area contributed by atoms with Gasteiger partial charge < -0.3 is 10.5 Å². The van der Waals surface area contributed by atoms with Gasteiger partial charge in [0.15, 0.2) is 0 Å². The lowest BCUT2D eigenvalue weighted by molar-refractivity contribution is 0.0992. The highest BCUT2D eigenvalue weighted by Gasteiger charge is 2.20. The quantitative estimate of drug-likeness (QED) is 0.841. The average Bonchev–Trinajstić information content (AvgIpc) is 2.35. The number of anilines is 1. The van der Waals surface area contributed by atoms with Gasteiger partial charge in [-0.05, 0) is 30.5 Å². The van der Waals surface area contributed by atoms with Gasteiger partial charge in [-0.3, -0.25) is 4.21 Å². The Labute approximate surface area is 103 Å². The van der Waals surface area contributed by atoms with Gasteiger partial charge in [0.05, 0.1) is 5.69 Å². The lowest BCUT2D eigenvalue weighted by Gasteiger charge is -2.21. The third-order valence-electron chi connectivity index (χ3n) is 2.91. The van der Waals surface area contributed by atoms with Crippen LogP contribution in [0, 0.1) is 5.82 Å². The zero-order valence-corrected chi connectivity index (χ0v) is 10.3. The second kappa shape index (κ2) is 5.60. The summed E-state index contributed by atoms with van der Waals surface area (Å²) in [4.78, 5) is 0. The molecule has 1 aromatic rings. The summed E-state index contributed by atoms with van der Waals surface area (Å²) in [6.45, 7) is 1.35. The molecule has 94 valence electrons. The predicted octanol–water partition coefficient (Wildman–Crippen LogP) is 1.84. The Hall–Kier alpha value is -0.940. The van der Waals surface area contributed by atoms with E-state index in [9.17, 15) is 8.60 Å². The molecule has 2 N–H and O–H groups in total. The van der Waals surface area contributed by atoms with Crippen molar-refractivity contribution in [2.45, 2.75) is 23.8 Å². The molecule has 17 heavy (non-hydrogen) atoms. The molecule has 0 amide bonds. The van der Waals surface area contributed by atoms with Gasteiger partial charge in [0.25, 0.3) is 0 Å². The lowest BCUT2D eigenvalue weighted by atomic mass is 10.2. The van der Waals surface area contributed by atoms with Crippen LogP contribution in [0.2, 0.25) is 0 Å². The van der Waals surface area contributed by atoms with E-state index in [1.807, 2.05) is 0 Å². The van der Waals surface area contributed by atoms with E-state index in [2.05, 4.69) is 0 Å². The lowest BCUT2D eigenvalue weighted by Crippen LogP contribution is -2.25. The minimum absolute atomic E-state index is 0.130. The molecule has 1 aliphatic rings. The van der Waals surface area contributed by atoms with Crippen LogP contribution in [0.5, 0.6) is 0 Å². The molecule has 0 radical (unpaired) electrons. The number of halogens is 1. The molecule has 0 saturated carbocycles. The number of hydrogen-bond donors (Lipinski definition) is 1. The van der Waals surface area contributed by atoms with Crippen molar-refractivity contribution in [2.24, 2.45) is 0 Å². The third kappa shape index (κ3) is 3.26. The highest BCUT2D eigenvalue weighted by atomic mass is 32.2. The Balaban J connectivity index is 1.99. The van der Waals surface area contributed by atoms with Crippen LogP contribution in [0.15, 0.2) is 18.2 Å². The predicted molar refractivity (Wildman–Crippen MR) is 66.5 cm³/mol. The van der Waals surface area contributed by atoms with Gasteiger partial charge in [-0.25, -0.2) is 4.39 Å². The van der Waals surface area contributed by atoms with E-state index < -0.39 is 16.6 Å². The number of hydrogen-bond acceptors (Lipinski definition) is 3. The largest absolute Gasteiger partial charge is 0.396 e. The van der Waals surface area contributed by atoms with E-state index in [4.69, 9.17) is 10.5 Å². The minimum atomic E-state index is -0.960. The number of ether oxygens (including phenoxy) is 1. The van der Waals surface area contributed by atoms with Gasteiger partial charge in [-0.15, -0.1) is 0 Å². The van der Waals surface area contributed by atoms with Crippen LogP contribution >= 0.6 is 0 Å². The summed E-state index contributed by atoms with van der Waals surface area (Å²) >= 11 is 0. The Morgan fingerprint density at radius 3 is 2.76 bits per heavy atom. The molecule has 5 heteroatoms. The Bertz CT molecular complexity index is 419. The van der Waals surface area contributed by atoms with Gasteiger partial charge in [0.1, 0.15) is 5.82 Å². The standard InChI is InChI=1S/C12H16FNO2S/c13-11-7-9(1-2-12(11)14)8-17(15)10-3-5-16-6-4-10/h1-2,7,10H,3-6,8,14H2. The van der Waals surface area contributed by atoms with Crippen LogP contribution in [0.1, 0.15) is 18.4 Å². The highest BCUT2D eigenvalue weighted by molar-refractivity contribution is 7.84. The molecule has 0 bridgehead atoms. The molecular weight excluding hydrogens is 241 g/mol. The molecule has 1 atom stereocenters. The Morgan fingerprint density at radius 2 is 2.12 bits per heavy atom. The second-order valence-corrected chi connectivity index (χ2v) is 5.91. The summed E-state index contributed by atoms with van der Waals surface area (Å²) in [5.74, 6) is -0.0477. The first kappa shape index (κ1) is 12.5. The monoisotopic (exact) mass is 257 g/mol. The number of benzene rings is 1. The molecule has 1 saturated heterocycles. The van der Waals surface area contributed by atoms with Crippen molar-refractivity contribution in [3.05, 3.63) is 29.6 Å². The average molecular weight is 257 g/mol. The zero-order valence-electron chi connectivity index (χ0n) is 9.52. The van der Waals surface area contributed by atoms with Gasteiger partial charge >= 0.3 is 0 Å². The molecule has 3 nitrogen and oxygen atoms in total. The molecule has 1 unspecified atom stereocenters. The molecule has 2 rings (SSSR count). The number of nitrogens with two attached hydrogens (primary N) is 1. The fourth-order valence-electron chi connectivity index (χ4n) is 1.88. The third-order valence-corrected chi connectivity index (χ3v) is 4.75. The smallest absolute Gasteiger partial charge is 0.146 e. The fourth-order valence-corrected chi connectivity index (χ4v) is 3.34. The molecule has 0 spiro atoms. The molecule has 1 aromatic carbocycles. The van der Waals surface area contributed by atoms with E-state index in [-0.39, 0.29) is 10.9 Å². The normalized spacial score (nSPS) is 19.1. The van der Waals surface area contributed by atoms with Crippen molar-refractivity contribution < 1.29 is 13.3 Å². The zero-order chi connectivity index (χ0) is 12.3. The first-order valence-electron chi connectivity index (χ1n) is 5.65. The second-order valence-electron chi connectivity index (χ2n) is 4.19. The molecule has 1 heterocycles. The maximum absolute atomic E-state index is 13.2. The molecular formula is C12H16FNO2S. The van der Waals surface area contributed by atoms with Crippen LogP contribution in [-0.2, 0) is 21.3 Å². The highest BCUT2D eigenvalue weighted by Crippen LogP contribution is 2.18. The van der Waals surface area contributed by atoms with Crippen molar-refractivity contribution in [2.75, 3.05) is 18.9 Å². The maximum Gasteiger partial charge on any atom is 0.146 e. The van der Waals surface area contributed by atoms with E-state index in [0.29, 0.717) is 19.0 Å². The molecule has 1 fully saturated rings. The van der Waals surface area contributed by atoms with E-state index in [1.54, 1.807) is 6.07 Å². The van der Waals surface area contributed by atoms with Crippen molar-refractivity contribution in [1.82, 2.24) is 0 Å².